The number of nitrogens with one attached hydrogen (secondary N) is 1. The van der Waals surface area contributed by atoms with E-state index in [4.69, 9.17) is 0 Å². The van der Waals surface area contributed by atoms with Gasteiger partial charge in [-0.1, -0.05) is 54.1 Å². The highest BCUT2D eigenvalue weighted by Crippen LogP contribution is 2.32. The number of benzene rings is 3. The molecular weight excluding hydrogens is 439 g/mol. The Morgan fingerprint density at radius 3 is 2.24 bits per heavy atom. The molecule has 0 bridgehead atoms. The molecule has 7 heteroatoms. The Hall–Kier alpha value is -3.03. The summed E-state index contributed by atoms with van der Waals surface area (Å²) in [6.07, 6.45) is 0.286. The number of amides is 1. The molecule has 1 atom stereocenters. The van der Waals surface area contributed by atoms with Gasteiger partial charge in [0.05, 0.1) is 4.90 Å². The van der Waals surface area contributed by atoms with Crippen molar-refractivity contribution in [3.05, 3.63) is 99.9 Å². The number of aryl methyl sites for hydroxylation is 3. The van der Waals surface area contributed by atoms with E-state index in [0.29, 0.717) is 11.1 Å². The van der Waals surface area contributed by atoms with E-state index in [1.54, 1.807) is 26.0 Å². The van der Waals surface area contributed by atoms with Gasteiger partial charge in [-0.3, -0.25) is 4.79 Å². The van der Waals surface area contributed by atoms with Gasteiger partial charge in [0.2, 0.25) is 15.9 Å². The Morgan fingerprint density at radius 1 is 1.00 bits per heavy atom. The maximum atomic E-state index is 13.9. The molecule has 1 amide bonds. The maximum absolute atomic E-state index is 13.9. The third-order valence-corrected chi connectivity index (χ3v) is 8.22. The van der Waals surface area contributed by atoms with Crippen LogP contribution in [0.2, 0.25) is 0 Å². The first-order valence-corrected chi connectivity index (χ1v) is 12.3. The SMILES string of the molecule is Cc1cc(C)c(S(=O)(=O)N2Cc3ccccc3CC2C(=O)NCc2ccc(F)cc2)c(C)c1. The lowest BCUT2D eigenvalue weighted by atomic mass is 9.95. The number of sulfonamides is 1. The van der Waals surface area contributed by atoms with Crippen LogP contribution in [0, 0.1) is 26.6 Å². The molecule has 1 unspecified atom stereocenters. The predicted octanol–water partition coefficient (Wildman–Crippen LogP) is 4.18. The number of nitrogens with zero attached hydrogens (tertiary/aromatic N) is 1. The highest BCUT2D eigenvalue weighted by molar-refractivity contribution is 7.89. The second-order valence-electron chi connectivity index (χ2n) is 8.61. The van der Waals surface area contributed by atoms with Crippen LogP contribution in [0.15, 0.2) is 65.6 Å². The molecule has 1 heterocycles. The highest BCUT2D eigenvalue weighted by atomic mass is 32.2. The fraction of sp³-hybridized carbons (Fsp3) is 0.269. The summed E-state index contributed by atoms with van der Waals surface area (Å²) in [5, 5.41) is 2.84. The fourth-order valence-corrected chi connectivity index (χ4v) is 6.56. The highest BCUT2D eigenvalue weighted by Gasteiger charge is 2.40. The van der Waals surface area contributed by atoms with Gasteiger partial charge in [0.15, 0.2) is 0 Å². The van der Waals surface area contributed by atoms with Gasteiger partial charge in [-0.25, -0.2) is 12.8 Å². The Morgan fingerprint density at radius 2 is 1.61 bits per heavy atom. The number of fused-ring (bicyclic) bond motifs is 1. The van der Waals surface area contributed by atoms with Crippen molar-refractivity contribution >= 4 is 15.9 Å². The van der Waals surface area contributed by atoms with Crippen molar-refractivity contribution in [1.29, 1.82) is 0 Å². The van der Waals surface area contributed by atoms with Crippen LogP contribution in [0.25, 0.3) is 0 Å². The van der Waals surface area contributed by atoms with Gasteiger partial charge >= 0.3 is 0 Å². The number of carbonyl (C=O) groups is 1. The molecule has 3 aromatic rings. The van der Waals surface area contributed by atoms with Gasteiger partial charge in [-0.05, 0) is 67.1 Å². The largest absolute Gasteiger partial charge is 0.351 e. The van der Waals surface area contributed by atoms with Crippen LogP contribution >= 0.6 is 0 Å². The van der Waals surface area contributed by atoms with Gasteiger partial charge < -0.3 is 5.32 Å². The minimum atomic E-state index is -3.94. The topological polar surface area (TPSA) is 66.5 Å². The van der Waals surface area contributed by atoms with Crippen LogP contribution in [0.3, 0.4) is 0 Å². The Kier molecular flexibility index (Phi) is 6.36. The van der Waals surface area contributed by atoms with Crippen LogP contribution in [-0.2, 0) is 34.3 Å². The van der Waals surface area contributed by atoms with Gasteiger partial charge in [-0.15, -0.1) is 0 Å². The molecule has 1 aliphatic rings. The van der Waals surface area contributed by atoms with Crippen LogP contribution in [0.4, 0.5) is 4.39 Å². The summed E-state index contributed by atoms with van der Waals surface area (Å²) in [5.41, 5.74) is 4.91. The first kappa shape index (κ1) is 23.1. The van der Waals surface area contributed by atoms with E-state index in [1.807, 2.05) is 43.3 Å². The van der Waals surface area contributed by atoms with Gasteiger partial charge in [0.1, 0.15) is 11.9 Å². The first-order valence-electron chi connectivity index (χ1n) is 10.9. The zero-order valence-electron chi connectivity index (χ0n) is 18.9. The number of halogens is 1. The predicted molar refractivity (Wildman–Crippen MR) is 126 cm³/mol. The van der Waals surface area contributed by atoms with Crippen LogP contribution < -0.4 is 5.32 Å². The van der Waals surface area contributed by atoms with Crippen molar-refractivity contribution < 1.29 is 17.6 Å². The normalized spacial score (nSPS) is 16.3. The van der Waals surface area contributed by atoms with Crippen molar-refractivity contribution in [3.8, 4) is 0 Å². The van der Waals surface area contributed by atoms with E-state index < -0.39 is 16.1 Å². The van der Waals surface area contributed by atoms with Crippen molar-refractivity contribution in [2.24, 2.45) is 0 Å². The molecule has 0 fully saturated rings. The summed E-state index contributed by atoms with van der Waals surface area (Å²) in [6.45, 7) is 5.82. The molecule has 0 saturated carbocycles. The average molecular weight is 467 g/mol. The van der Waals surface area contributed by atoms with E-state index in [-0.39, 0.29) is 36.1 Å². The number of carbonyl (C=O) groups excluding carboxylic acids is 1. The Balaban J connectivity index is 1.69. The molecule has 33 heavy (non-hydrogen) atoms. The standard InChI is InChI=1S/C26H27FN2O3S/c1-17-12-18(2)25(19(3)13-17)33(31,32)29-16-22-7-5-4-6-21(22)14-24(29)26(30)28-15-20-8-10-23(27)11-9-20/h4-13,24H,14-16H2,1-3H3,(H,28,30). The van der Waals surface area contributed by atoms with Gasteiger partial charge in [0.25, 0.3) is 0 Å². The van der Waals surface area contributed by atoms with Crippen LogP contribution in [0.1, 0.15) is 33.4 Å². The summed E-state index contributed by atoms with van der Waals surface area (Å²) in [4.78, 5) is 13.5. The molecule has 0 spiro atoms. The number of rotatable bonds is 5. The third-order valence-electron chi connectivity index (χ3n) is 6.06. The minimum Gasteiger partial charge on any atom is -0.351 e. The van der Waals surface area contributed by atoms with Gasteiger partial charge in [-0.2, -0.15) is 4.31 Å². The molecule has 0 saturated heterocycles. The molecule has 0 aliphatic carbocycles. The monoisotopic (exact) mass is 466 g/mol. The molecule has 3 aromatic carbocycles. The minimum absolute atomic E-state index is 0.125. The van der Waals surface area contributed by atoms with Crippen molar-refractivity contribution in [2.45, 2.75) is 51.2 Å². The Bertz CT molecular complexity index is 1280. The molecule has 1 N–H and O–H groups in total. The second kappa shape index (κ2) is 9.08. The smallest absolute Gasteiger partial charge is 0.244 e. The maximum Gasteiger partial charge on any atom is 0.244 e. The molecule has 1 aliphatic heterocycles. The van der Waals surface area contributed by atoms with Crippen LogP contribution in [0.5, 0.6) is 0 Å². The zero-order valence-corrected chi connectivity index (χ0v) is 19.7. The summed E-state index contributed by atoms with van der Waals surface area (Å²) in [6, 6.07) is 16.3. The zero-order chi connectivity index (χ0) is 23.8. The van der Waals surface area contributed by atoms with E-state index in [1.165, 1.54) is 16.4 Å². The lowest BCUT2D eigenvalue weighted by Gasteiger charge is -2.35. The fourth-order valence-electron chi connectivity index (χ4n) is 4.58. The van der Waals surface area contributed by atoms with Crippen molar-refractivity contribution in [1.82, 2.24) is 9.62 Å². The van der Waals surface area contributed by atoms with E-state index in [2.05, 4.69) is 5.32 Å². The third kappa shape index (κ3) is 4.70. The summed E-state index contributed by atoms with van der Waals surface area (Å²) >= 11 is 0. The van der Waals surface area contributed by atoms with E-state index >= 15 is 0 Å². The second-order valence-corrected chi connectivity index (χ2v) is 10.4. The van der Waals surface area contributed by atoms with Crippen LogP contribution in [-0.4, -0.2) is 24.7 Å². The van der Waals surface area contributed by atoms with E-state index in [0.717, 1.165) is 22.3 Å². The number of hydrogen-bond acceptors (Lipinski definition) is 3. The first-order chi connectivity index (χ1) is 15.7. The van der Waals surface area contributed by atoms with Gasteiger partial charge in [0, 0.05) is 13.1 Å². The quantitative estimate of drug-likeness (QED) is 0.613. The molecule has 0 radical (unpaired) electrons. The lowest BCUT2D eigenvalue weighted by molar-refractivity contribution is -0.125. The van der Waals surface area contributed by atoms with Crippen molar-refractivity contribution in [2.75, 3.05) is 0 Å². The average Bonchev–Trinajstić information content (AvgIpc) is 2.76. The summed E-state index contributed by atoms with van der Waals surface area (Å²) in [7, 11) is -3.94. The lowest BCUT2D eigenvalue weighted by Crippen LogP contribution is -2.52. The number of hydrogen-bond donors (Lipinski definition) is 1. The molecule has 5 nitrogen and oxygen atoms in total. The molecule has 0 aromatic heterocycles. The molecule has 172 valence electrons. The van der Waals surface area contributed by atoms with E-state index in [9.17, 15) is 17.6 Å². The van der Waals surface area contributed by atoms with Crippen molar-refractivity contribution in [3.63, 3.8) is 0 Å². The Labute approximate surface area is 194 Å². The summed E-state index contributed by atoms with van der Waals surface area (Å²) < 4.78 is 42.3. The molecule has 4 rings (SSSR count). The summed E-state index contributed by atoms with van der Waals surface area (Å²) in [5.74, 6) is -0.727. The molecular formula is C26H27FN2O3S.